The molecule has 0 aliphatic carbocycles. The van der Waals surface area contributed by atoms with Gasteiger partial charge in [-0.05, 0) is 84.6 Å². The highest BCUT2D eigenvalue weighted by atomic mass is 16.5. The van der Waals surface area contributed by atoms with Crippen LogP contribution in [0.3, 0.4) is 0 Å². The number of anilines is 5. The van der Waals surface area contributed by atoms with Crippen molar-refractivity contribution in [2.24, 2.45) is 0 Å². The Hall–Kier alpha value is -5.62. The van der Waals surface area contributed by atoms with Crippen LogP contribution in [-0.2, 0) is 12.8 Å². The number of ether oxygens (including phenoxy) is 2. The fourth-order valence-corrected chi connectivity index (χ4v) is 6.57. The number of para-hydroxylation sites is 4. The number of nitrogens with zero attached hydrogens (tertiary/aromatic N) is 3. The smallest absolute Gasteiger partial charge is 0.152 e. The first-order chi connectivity index (χ1) is 22.7. The second-order valence-electron chi connectivity index (χ2n) is 11.7. The fourth-order valence-electron chi connectivity index (χ4n) is 6.57. The van der Waals surface area contributed by atoms with E-state index in [2.05, 4.69) is 84.7 Å². The van der Waals surface area contributed by atoms with Crippen molar-refractivity contribution >= 4 is 28.4 Å². The lowest BCUT2D eigenvalue weighted by atomic mass is 9.92. The molecule has 0 radical (unpaired) electrons. The summed E-state index contributed by atoms with van der Waals surface area (Å²) < 4.78 is 13.2. The van der Waals surface area contributed by atoms with Crippen molar-refractivity contribution < 1.29 is 9.47 Å². The average molecular weight is 603 g/mol. The predicted molar refractivity (Wildman–Crippen MR) is 185 cm³/mol. The lowest BCUT2D eigenvalue weighted by Crippen LogP contribution is -2.19. The maximum absolute atomic E-state index is 6.75. The largest absolute Gasteiger partial charge is 0.453 e. The van der Waals surface area contributed by atoms with Crippen LogP contribution in [0.2, 0.25) is 0 Å². The average Bonchev–Trinajstić information content (AvgIpc) is 3.10. The summed E-state index contributed by atoms with van der Waals surface area (Å²) in [6, 6.07) is 35.2. The molecule has 6 heteroatoms. The van der Waals surface area contributed by atoms with Crippen molar-refractivity contribution in [2.75, 3.05) is 10.2 Å². The minimum atomic E-state index is 0.734. The Bertz CT molecular complexity index is 2030. The Kier molecular flexibility index (Phi) is 7.10. The lowest BCUT2D eigenvalue weighted by Gasteiger charge is -2.37. The molecule has 6 aromatic rings. The van der Waals surface area contributed by atoms with Gasteiger partial charge in [0.2, 0.25) is 0 Å². The maximum Gasteiger partial charge on any atom is 0.152 e. The van der Waals surface area contributed by atoms with E-state index in [-0.39, 0.29) is 0 Å². The van der Waals surface area contributed by atoms with E-state index in [0.717, 1.165) is 99.6 Å². The highest BCUT2D eigenvalue weighted by Gasteiger charge is 2.35. The van der Waals surface area contributed by atoms with E-state index in [4.69, 9.17) is 19.4 Å². The Balaban J connectivity index is 1.50. The van der Waals surface area contributed by atoms with Crippen molar-refractivity contribution in [3.63, 3.8) is 0 Å². The van der Waals surface area contributed by atoms with E-state index in [1.807, 2.05) is 54.9 Å². The second kappa shape index (κ2) is 11.7. The zero-order chi connectivity index (χ0) is 31.0. The Labute approximate surface area is 269 Å². The van der Waals surface area contributed by atoms with Crippen molar-refractivity contribution in [1.29, 1.82) is 0 Å². The molecular weight excluding hydrogens is 568 g/mol. The van der Waals surface area contributed by atoms with Crippen molar-refractivity contribution in [3.8, 4) is 45.5 Å². The van der Waals surface area contributed by atoms with Gasteiger partial charge in [-0.2, -0.15) is 0 Å². The molecule has 0 amide bonds. The van der Waals surface area contributed by atoms with Crippen LogP contribution in [0.1, 0.15) is 37.8 Å². The molecule has 0 spiro atoms. The minimum Gasteiger partial charge on any atom is -0.453 e. The summed E-state index contributed by atoms with van der Waals surface area (Å²) in [6.07, 6.45) is 7.68. The summed E-state index contributed by atoms with van der Waals surface area (Å²) in [5.74, 6) is 3.10. The lowest BCUT2D eigenvalue weighted by molar-refractivity contribution is 0.476. The SMILES string of the molecule is CCCc1ccc2c(c1)Nc1c(cc(-c3ccccn3)c(N3c4ccccc4Oc4ccccc43)c1-c1ncccc1CCC)O2. The number of pyridine rings is 2. The number of nitrogens with one attached hydrogen (secondary N) is 1. The quantitative estimate of drug-likeness (QED) is 0.196. The molecule has 46 heavy (non-hydrogen) atoms. The zero-order valence-electron chi connectivity index (χ0n) is 26.0. The van der Waals surface area contributed by atoms with Gasteiger partial charge in [-0.15, -0.1) is 0 Å². The van der Waals surface area contributed by atoms with Gasteiger partial charge < -0.3 is 19.7 Å². The number of hydrogen-bond acceptors (Lipinski definition) is 6. The normalized spacial score (nSPS) is 12.5. The van der Waals surface area contributed by atoms with Crippen LogP contribution < -0.4 is 19.7 Å². The molecule has 4 aromatic carbocycles. The van der Waals surface area contributed by atoms with Crippen LogP contribution in [0, 0.1) is 0 Å². The van der Waals surface area contributed by atoms with Crippen LogP contribution in [-0.4, -0.2) is 9.97 Å². The molecule has 6 nitrogen and oxygen atoms in total. The van der Waals surface area contributed by atoms with E-state index >= 15 is 0 Å². The monoisotopic (exact) mass is 602 g/mol. The molecule has 2 aliphatic heterocycles. The molecule has 0 unspecified atom stereocenters. The summed E-state index contributed by atoms with van der Waals surface area (Å²) in [5, 5.41) is 3.84. The summed E-state index contributed by atoms with van der Waals surface area (Å²) in [6.45, 7) is 4.41. The molecular formula is C40H34N4O2. The molecule has 0 saturated heterocycles. The third kappa shape index (κ3) is 4.74. The fraction of sp³-hybridized carbons (Fsp3) is 0.150. The zero-order valence-corrected chi connectivity index (χ0v) is 26.0. The number of rotatable bonds is 7. The van der Waals surface area contributed by atoms with Gasteiger partial charge in [-0.3, -0.25) is 9.97 Å². The molecule has 226 valence electrons. The van der Waals surface area contributed by atoms with Gasteiger partial charge in [-0.1, -0.05) is 69.2 Å². The Morgan fingerprint density at radius 3 is 2.11 bits per heavy atom. The number of aromatic nitrogens is 2. The van der Waals surface area contributed by atoms with Gasteiger partial charge in [-0.25, -0.2) is 0 Å². The van der Waals surface area contributed by atoms with Crippen molar-refractivity contribution in [1.82, 2.24) is 9.97 Å². The topological polar surface area (TPSA) is 59.5 Å². The van der Waals surface area contributed by atoms with E-state index < -0.39 is 0 Å². The Morgan fingerprint density at radius 1 is 0.652 bits per heavy atom. The third-order valence-corrected chi connectivity index (χ3v) is 8.57. The Morgan fingerprint density at radius 2 is 1.37 bits per heavy atom. The highest BCUT2D eigenvalue weighted by molar-refractivity contribution is 6.06. The van der Waals surface area contributed by atoms with Crippen LogP contribution in [0.4, 0.5) is 28.4 Å². The first-order valence-electron chi connectivity index (χ1n) is 16.0. The van der Waals surface area contributed by atoms with Gasteiger partial charge in [0.1, 0.15) is 0 Å². The molecule has 8 rings (SSSR count). The molecule has 0 fully saturated rings. The van der Waals surface area contributed by atoms with Gasteiger partial charge in [0, 0.05) is 18.0 Å². The number of fused-ring (bicyclic) bond motifs is 4. The van der Waals surface area contributed by atoms with Crippen LogP contribution >= 0.6 is 0 Å². The molecule has 2 aliphatic rings. The minimum absolute atomic E-state index is 0.734. The van der Waals surface area contributed by atoms with Crippen LogP contribution in [0.15, 0.2) is 116 Å². The maximum atomic E-state index is 6.75. The van der Waals surface area contributed by atoms with E-state index in [9.17, 15) is 0 Å². The van der Waals surface area contributed by atoms with E-state index in [1.54, 1.807) is 0 Å². The molecule has 0 saturated carbocycles. The molecule has 4 heterocycles. The second-order valence-corrected chi connectivity index (χ2v) is 11.7. The number of hydrogen-bond donors (Lipinski definition) is 1. The van der Waals surface area contributed by atoms with Gasteiger partial charge >= 0.3 is 0 Å². The highest BCUT2D eigenvalue weighted by Crippen LogP contribution is 2.59. The van der Waals surface area contributed by atoms with Gasteiger partial charge in [0.15, 0.2) is 23.0 Å². The number of benzene rings is 4. The molecule has 1 N–H and O–H groups in total. The molecule has 0 bridgehead atoms. The van der Waals surface area contributed by atoms with E-state index in [0.29, 0.717) is 0 Å². The standard InChI is InChI=1S/C40H34N4O2/c1-3-12-26-20-21-33-30(24-26)43-39-36(45-33)25-28(29-15-9-10-22-41-29)40(37(39)38-27(13-4-2)14-11-23-42-38)44-31-16-5-7-18-34(31)46-35-19-8-6-17-32(35)44/h5-11,14-25,43H,3-4,12-13H2,1-2H3. The first kappa shape index (κ1) is 27.9. The molecule has 0 atom stereocenters. The van der Waals surface area contributed by atoms with Gasteiger partial charge in [0.25, 0.3) is 0 Å². The van der Waals surface area contributed by atoms with Gasteiger partial charge in [0.05, 0.1) is 45.4 Å². The number of aryl methyl sites for hydroxylation is 2. The summed E-state index contributed by atoms with van der Waals surface area (Å²) >= 11 is 0. The summed E-state index contributed by atoms with van der Waals surface area (Å²) in [4.78, 5) is 12.3. The predicted octanol–water partition coefficient (Wildman–Crippen LogP) is 11.1. The third-order valence-electron chi connectivity index (χ3n) is 8.57. The van der Waals surface area contributed by atoms with Crippen LogP contribution in [0.25, 0.3) is 22.5 Å². The molecule has 2 aromatic heterocycles. The van der Waals surface area contributed by atoms with Crippen molar-refractivity contribution in [2.45, 2.75) is 39.5 Å². The summed E-state index contributed by atoms with van der Waals surface area (Å²) in [5.41, 5.74) is 10.8. The first-order valence-corrected chi connectivity index (χ1v) is 16.0. The van der Waals surface area contributed by atoms with Crippen LogP contribution in [0.5, 0.6) is 23.0 Å². The van der Waals surface area contributed by atoms with E-state index in [1.165, 1.54) is 11.1 Å². The summed E-state index contributed by atoms with van der Waals surface area (Å²) in [7, 11) is 0. The van der Waals surface area contributed by atoms with Crippen molar-refractivity contribution in [3.05, 3.63) is 127 Å².